The van der Waals surface area contributed by atoms with Crippen molar-refractivity contribution in [1.82, 2.24) is 24.8 Å². The van der Waals surface area contributed by atoms with Gasteiger partial charge in [-0.15, -0.1) is 0 Å². The molecule has 2 aromatic carbocycles. The summed E-state index contributed by atoms with van der Waals surface area (Å²) in [6, 6.07) is 12.3. The van der Waals surface area contributed by atoms with Crippen LogP contribution in [0, 0.1) is 5.41 Å². The summed E-state index contributed by atoms with van der Waals surface area (Å²) in [6.45, 7) is 7.60. The Hall–Kier alpha value is -3.12. The van der Waals surface area contributed by atoms with Crippen LogP contribution in [-0.4, -0.2) is 78.2 Å². The van der Waals surface area contributed by atoms with Gasteiger partial charge in [0.15, 0.2) is 0 Å². The SMILES string of the molecule is CC(C)(C)[C@H](NC(=O)c1cc2ccccc2[nH]1)C(=O)N1C[C@H]2N(C(=O)CNS(=O)(=O)c3cc(Cl)ccc3Cl)CC21C. The van der Waals surface area contributed by atoms with Crippen LogP contribution in [0.1, 0.15) is 38.2 Å². The van der Waals surface area contributed by atoms with Crippen molar-refractivity contribution in [1.29, 1.82) is 0 Å². The van der Waals surface area contributed by atoms with Crippen molar-refractivity contribution in [3.8, 4) is 0 Å². The van der Waals surface area contributed by atoms with Crippen molar-refractivity contribution in [2.24, 2.45) is 5.41 Å². The number of aromatic nitrogens is 1. The number of nitrogens with zero attached hydrogens (tertiary/aromatic N) is 2. The highest BCUT2D eigenvalue weighted by atomic mass is 35.5. The number of hydrogen-bond acceptors (Lipinski definition) is 5. The van der Waals surface area contributed by atoms with E-state index in [4.69, 9.17) is 23.2 Å². The molecule has 1 aromatic heterocycles. The number of carbonyl (C=O) groups excluding carboxylic acids is 3. The van der Waals surface area contributed by atoms with Crippen molar-refractivity contribution in [3.05, 3.63) is 64.3 Å². The summed E-state index contributed by atoms with van der Waals surface area (Å²) >= 11 is 11.9. The van der Waals surface area contributed by atoms with Crippen LogP contribution in [0.5, 0.6) is 0 Å². The Bertz CT molecular complexity index is 1630. The van der Waals surface area contributed by atoms with Gasteiger partial charge in [-0.05, 0) is 42.7 Å². The van der Waals surface area contributed by atoms with Crippen molar-refractivity contribution < 1.29 is 22.8 Å². The largest absolute Gasteiger partial charge is 0.351 e. The third kappa shape index (κ3) is 5.31. The first-order valence-corrected chi connectivity index (χ1v) is 15.3. The number of hydrogen-bond donors (Lipinski definition) is 3. The molecule has 0 bridgehead atoms. The molecule has 13 heteroatoms. The summed E-state index contributed by atoms with van der Waals surface area (Å²) < 4.78 is 27.7. The highest BCUT2D eigenvalue weighted by Crippen LogP contribution is 2.45. The number of aromatic amines is 1. The molecule has 218 valence electrons. The molecule has 41 heavy (non-hydrogen) atoms. The van der Waals surface area contributed by atoms with Crippen LogP contribution in [0.4, 0.5) is 0 Å². The van der Waals surface area contributed by atoms with Gasteiger partial charge in [-0.3, -0.25) is 14.4 Å². The standard InChI is InChI=1S/C28H31Cl2N5O5S/c1-27(2,3)24(33-25(37)20-11-16-7-5-6-8-19(16)32-20)26(38)35-14-22-28(35,4)15-34(22)23(36)13-31-41(39,40)21-12-17(29)9-10-18(21)30/h5-12,22,24,31-32H,13-15H2,1-4H3,(H,33,37)/t22-,24-,28?/m1/s1. The lowest BCUT2D eigenvalue weighted by Gasteiger charge is -2.69. The maximum absolute atomic E-state index is 13.7. The van der Waals surface area contributed by atoms with E-state index in [0.717, 1.165) is 10.9 Å². The van der Waals surface area contributed by atoms with Gasteiger partial charge in [0.25, 0.3) is 5.91 Å². The molecule has 3 amide bonds. The predicted molar refractivity (Wildman–Crippen MR) is 156 cm³/mol. The number of amides is 3. The van der Waals surface area contributed by atoms with E-state index in [2.05, 4.69) is 15.0 Å². The van der Waals surface area contributed by atoms with Gasteiger partial charge in [-0.25, -0.2) is 13.1 Å². The number of rotatable bonds is 7. The second kappa shape index (κ2) is 10.3. The summed E-state index contributed by atoms with van der Waals surface area (Å²) in [5.41, 5.74) is -0.00855. The number of piperazine rings is 1. The second-order valence-electron chi connectivity index (χ2n) is 11.8. The van der Waals surface area contributed by atoms with Crippen molar-refractivity contribution >= 4 is 61.8 Å². The van der Waals surface area contributed by atoms with E-state index < -0.39 is 39.5 Å². The van der Waals surface area contributed by atoms with Gasteiger partial charge in [-0.1, -0.05) is 62.2 Å². The van der Waals surface area contributed by atoms with Crippen LogP contribution in [0.15, 0.2) is 53.4 Å². The molecule has 2 saturated heterocycles. The van der Waals surface area contributed by atoms with E-state index in [1.165, 1.54) is 18.2 Å². The summed E-state index contributed by atoms with van der Waals surface area (Å²) in [4.78, 5) is 45.9. The molecule has 3 heterocycles. The minimum absolute atomic E-state index is 0.0101. The fraction of sp³-hybridized carbons (Fsp3) is 0.393. The summed E-state index contributed by atoms with van der Waals surface area (Å²) in [7, 11) is -4.07. The molecule has 2 fully saturated rings. The Morgan fingerprint density at radius 2 is 1.83 bits per heavy atom. The Morgan fingerprint density at radius 1 is 1.12 bits per heavy atom. The molecule has 0 saturated carbocycles. The topological polar surface area (TPSA) is 132 Å². The Kier molecular flexibility index (Phi) is 7.38. The van der Waals surface area contributed by atoms with Gasteiger partial charge >= 0.3 is 0 Å². The van der Waals surface area contributed by atoms with Gasteiger partial charge in [0.05, 0.1) is 23.1 Å². The quantitative estimate of drug-likeness (QED) is 0.373. The summed E-state index contributed by atoms with van der Waals surface area (Å²) in [5.74, 6) is -1.03. The summed E-state index contributed by atoms with van der Waals surface area (Å²) in [5, 5.41) is 4.00. The fourth-order valence-corrected chi connectivity index (χ4v) is 7.18. The molecular formula is C28H31Cl2N5O5S. The van der Waals surface area contributed by atoms with Crippen molar-refractivity contribution in [2.45, 2.75) is 50.2 Å². The van der Waals surface area contributed by atoms with Crippen LogP contribution < -0.4 is 10.0 Å². The highest BCUT2D eigenvalue weighted by molar-refractivity contribution is 7.89. The third-order valence-corrected chi connectivity index (χ3v) is 10.0. The molecule has 0 spiro atoms. The predicted octanol–water partition coefficient (Wildman–Crippen LogP) is 3.41. The number of benzene rings is 2. The number of fused-ring (bicyclic) bond motifs is 2. The highest BCUT2D eigenvalue weighted by Gasteiger charge is 2.65. The molecule has 2 aliphatic heterocycles. The smallest absolute Gasteiger partial charge is 0.268 e. The first kappa shape index (κ1) is 29.4. The minimum atomic E-state index is -4.07. The summed E-state index contributed by atoms with van der Waals surface area (Å²) in [6.07, 6.45) is 0. The Labute approximate surface area is 248 Å². The van der Waals surface area contributed by atoms with E-state index >= 15 is 0 Å². The molecule has 3 atom stereocenters. The minimum Gasteiger partial charge on any atom is -0.351 e. The zero-order chi connectivity index (χ0) is 29.9. The normalized spacial score (nSPS) is 21.1. The molecule has 1 unspecified atom stereocenters. The van der Waals surface area contributed by atoms with Gasteiger partial charge in [0, 0.05) is 29.0 Å². The number of carbonyl (C=O) groups is 3. The lowest BCUT2D eigenvalue weighted by atomic mass is 9.70. The molecule has 5 rings (SSSR count). The molecule has 3 aromatic rings. The van der Waals surface area contributed by atoms with Crippen molar-refractivity contribution in [2.75, 3.05) is 19.6 Å². The van der Waals surface area contributed by atoms with E-state index in [9.17, 15) is 22.8 Å². The number of para-hydroxylation sites is 1. The van der Waals surface area contributed by atoms with Gasteiger partial charge in [0.2, 0.25) is 21.8 Å². The van der Waals surface area contributed by atoms with Crippen LogP contribution in [0.2, 0.25) is 10.0 Å². The monoisotopic (exact) mass is 619 g/mol. The van der Waals surface area contributed by atoms with Gasteiger partial charge in [0.1, 0.15) is 16.6 Å². The maximum atomic E-state index is 13.7. The van der Waals surface area contributed by atoms with Crippen LogP contribution >= 0.6 is 23.2 Å². The lowest BCUT2D eigenvalue weighted by Crippen LogP contribution is -2.89. The number of sulfonamides is 1. The number of halogens is 2. The molecule has 2 aliphatic rings. The average Bonchev–Trinajstić information content (AvgIpc) is 3.34. The van der Waals surface area contributed by atoms with Gasteiger partial charge in [-0.2, -0.15) is 0 Å². The number of H-pyrrole nitrogens is 1. The first-order valence-electron chi connectivity index (χ1n) is 13.1. The van der Waals surface area contributed by atoms with Crippen LogP contribution in [0.3, 0.4) is 0 Å². The molecule has 0 radical (unpaired) electrons. The van der Waals surface area contributed by atoms with Crippen LogP contribution in [0.25, 0.3) is 10.9 Å². The van der Waals surface area contributed by atoms with Crippen LogP contribution in [-0.2, 0) is 19.6 Å². The first-order chi connectivity index (χ1) is 19.1. The average molecular weight is 621 g/mol. The number of nitrogens with one attached hydrogen (secondary N) is 3. The molecule has 0 aliphatic carbocycles. The van der Waals surface area contributed by atoms with E-state index in [1.54, 1.807) is 15.9 Å². The molecular weight excluding hydrogens is 589 g/mol. The lowest BCUT2D eigenvalue weighted by molar-refractivity contribution is -0.206. The molecule has 3 N–H and O–H groups in total. The second-order valence-corrected chi connectivity index (χ2v) is 14.4. The van der Waals surface area contributed by atoms with E-state index in [-0.39, 0.29) is 45.9 Å². The fourth-order valence-electron chi connectivity index (χ4n) is 5.45. The Morgan fingerprint density at radius 3 is 2.46 bits per heavy atom. The third-order valence-electron chi connectivity index (χ3n) is 7.90. The zero-order valence-corrected chi connectivity index (χ0v) is 25.3. The van der Waals surface area contributed by atoms with E-state index in [1.807, 2.05) is 52.0 Å². The zero-order valence-electron chi connectivity index (χ0n) is 23.0. The molecule has 10 nitrogen and oxygen atoms in total. The maximum Gasteiger partial charge on any atom is 0.268 e. The Balaban J connectivity index is 1.22. The van der Waals surface area contributed by atoms with Gasteiger partial charge < -0.3 is 20.1 Å². The number of likely N-dealkylation sites (tertiary alicyclic amines) is 2. The van der Waals surface area contributed by atoms with Crippen molar-refractivity contribution in [3.63, 3.8) is 0 Å². The van der Waals surface area contributed by atoms with E-state index in [0.29, 0.717) is 5.69 Å².